The minimum Gasteiger partial charge on any atom is -0.489 e. The average Bonchev–Trinajstić information content (AvgIpc) is 3.41. The Morgan fingerprint density at radius 1 is 1.34 bits per heavy atom. The molecule has 1 atom stereocenters. The van der Waals surface area contributed by atoms with E-state index in [1.807, 2.05) is 6.92 Å². The Kier molecular flexibility index (Phi) is 8.10. The van der Waals surface area contributed by atoms with Gasteiger partial charge in [-0.25, -0.2) is 9.37 Å². The molecule has 0 saturated carbocycles. The molecular formula is C21H30FN5OS. The molecule has 1 fully saturated rings. The van der Waals surface area contributed by atoms with Gasteiger partial charge in [0.25, 0.3) is 0 Å². The summed E-state index contributed by atoms with van der Waals surface area (Å²) in [4.78, 5) is 11.4. The van der Waals surface area contributed by atoms with Gasteiger partial charge in [0.15, 0.2) is 11.1 Å². The molecule has 1 saturated heterocycles. The summed E-state index contributed by atoms with van der Waals surface area (Å²) in [5.41, 5.74) is 1.11. The first kappa shape index (κ1) is 21.4. The lowest BCUT2D eigenvalue weighted by Gasteiger charge is -2.20. The third kappa shape index (κ3) is 6.59. The second-order valence-corrected chi connectivity index (χ2v) is 7.89. The zero-order valence-electron chi connectivity index (χ0n) is 17.2. The summed E-state index contributed by atoms with van der Waals surface area (Å²) in [6.45, 7) is 5.63. The zero-order valence-corrected chi connectivity index (χ0v) is 18.0. The largest absolute Gasteiger partial charge is 0.489 e. The maximum absolute atomic E-state index is 13.3. The fourth-order valence-corrected chi connectivity index (χ4v) is 4.12. The van der Waals surface area contributed by atoms with E-state index < -0.39 is 0 Å². The number of rotatable bonds is 9. The standard InChI is InChI=1S/C21H30FN5OS/c1-3-18(28-19-8-6-7-16(22)13-19)14-25-20(23-2)24-10-9-17-15-29-21(26-17)27-11-4-5-12-27/h6-8,13,15,18H,3-5,9-12,14H2,1-2H3,(H2,23,24,25). The van der Waals surface area contributed by atoms with Crippen LogP contribution in [0.5, 0.6) is 5.75 Å². The molecule has 0 aliphatic carbocycles. The number of benzene rings is 1. The van der Waals surface area contributed by atoms with Gasteiger partial charge in [0.1, 0.15) is 17.7 Å². The molecule has 0 bridgehead atoms. The lowest BCUT2D eigenvalue weighted by molar-refractivity contribution is 0.199. The summed E-state index contributed by atoms with van der Waals surface area (Å²) >= 11 is 1.73. The summed E-state index contributed by atoms with van der Waals surface area (Å²) in [5.74, 6) is 0.970. The number of hydrogen-bond donors (Lipinski definition) is 2. The molecule has 0 radical (unpaired) electrons. The fraction of sp³-hybridized carbons (Fsp3) is 0.524. The van der Waals surface area contributed by atoms with Crippen molar-refractivity contribution in [3.63, 3.8) is 0 Å². The number of halogens is 1. The first-order chi connectivity index (χ1) is 14.2. The molecule has 2 aromatic rings. The van der Waals surface area contributed by atoms with Gasteiger partial charge in [-0.3, -0.25) is 4.99 Å². The number of hydrogen-bond acceptors (Lipinski definition) is 5. The van der Waals surface area contributed by atoms with E-state index in [1.54, 1.807) is 30.5 Å². The lowest BCUT2D eigenvalue weighted by atomic mass is 10.2. The molecule has 158 valence electrons. The minimum absolute atomic E-state index is 0.0723. The van der Waals surface area contributed by atoms with Crippen LogP contribution in [0.15, 0.2) is 34.6 Å². The Morgan fingerprint density at radius 2 is 2.17 bits per heavy atom. The quantitative estimate of drug-likeness (QED) is 0.482. The van der Waals surface area contributed by atoms with E-state index in [0.717, 1.165) is 49.3 Å². The zero-order chi connectivity index (χ0) is 20.5. The lowest BCUT2D eigenvalue weighted by Crippen LogP contribution is -2.43. The van der Waals surface area contributed by atoms with E-state index in [-0.39, 0.29) is 11.9 Å². The van der Waals surface area contributed by atoms with Crippen molar-refractivity contribution in [3.8, 4) is 5.75 Å². The second kappa shape index (κ2) is 11.0. The predicted molar refractivity (Wildman–Crippen MR) is 118 cm³/mol. The number of nitrogens with zero attached hydrogens (tertiary/aromatic N) is 3. The first-order valence-electron chi connectivity index (χ1n) is 10.2. The summed E-state index contributed by atoms with van der Waals surface area (Å²) in [5, 5.41) is 9.89. The van der Waals surface area contributed by atoms with Crippen LogP contribution in [0.25, 0.3) is 0 Å². The van der Waals surface area contributed by atoms with Crippen molar-refractivity contribution in [3.05, 3.63) is 41.2 Å². The Bertz CT molecular complexity index is 791. The van der Waals surface area contributed by atoms with Crippen molar-refractivity contribution < 1.29 is 9.13 Å². The average molecular weight is 420 g/mol. The summed E-state index contributed by atoms with van der Waals surface area (Å²) in [7, 11) is 1.75. The second-order valence-electron chi connectivity index (χ2n) is 7.05. The highest BCUT2D eigenvalue weighted by molar-refractivity contribution is 7.13. The molecule has 2 N–H and O–H groups in total. The Hall–Kier alpha value is -2.35. The van der Waals surface area contributed by atoms with Crippen LogP contribution in [-0.4, -0.2) is 50.3 Å². The van der Waals surface area contributed by atoms with Crippen LogP contribution in [0.2, 0.25) is 0 Å². The van der Waals surface area contributed by atoms with E-state index in [1.165, 1.54) is 25.0 Å². The van der Waals surface area contributed by atoms with Gasteiger partial charge in [-0.2, -0.15) is 0 Å². The number of aromatic nitrogens is 1. The van der Waals surface area contributed by atoms with Crippen molar-refractivity contribution >= 4 is 22.4 Å². The molecule has 0 spiro atoms. The number of nitrogens with one attached hydrogen (secondary N) is 2. The monoisotopic (exact) mass is 419 g/mol. The summed E-state index contributed by atoms with van der Waals surface area (Å²) in [6.07, 6.45) is 4.11. The third-order valence-corrected chi connectivity index (χ3v) is 5.81. The molecule has 8 heteroatoms. The number of aliphatic imine (C=N–C) groups is 1. The molecule has 29 heavy (non-hydrogen) atoms. The van der Waals surface area contributed by atoms with Crippen molar-refractivity contribution in [2.45, 2.75) is 38.7 Å². The summed E-state index contributed by atoms with van der Waals surface area (Å²) in [6, 6.07) is 6.23. The van der Waals surface area contributed by atoms with Gasteiger partial charge >= 0.3 is 0 Å². The maximum atomic E-state index is 13.3. The molecule has 6 nitrogen and oxygen atoms in total. The molecule has 1 aliphatic heterocycles. The highest BCUT2D eigenvalue weighted by atomic mass is 32.1. The van der Waals surface area contributed by atoms with E-state index in [4.69, 9.17) is 9.72 Å². The number of anilines is 1. The molecule has 3 rings (SSSR count). The van der Waals surface area contributed by atoms with E-state index >= 15 is 0 Å². The molecule has 1 aromatic carbocycles. The van der Waals surface area contributed by atoms with Gasteiger partial charge in [-0.1, -0.05) is 13.0 Å². The van der Waals surface area contributed by atoms with Gasteiger partial charge in [0.2, 0.25) is 0 Å². The highest BCUT2D eigenvalue weighted by Crippen LogP contribution is 2.24. The molecule has 2 heterocycles. The predicted octanol–water partition coefficient (Wildman–Crippen LogP) is 3.45. The van der Waals surface area contributed by atoms with Crippen molar-refractivity contribution in [2.75, 3.05) is 38.1 Å². The van der Waals surface area contributed by atoms with Crippen molar-refractivity contribution in [2.24, 2.45) is 4.99 Å². The SMILES string of the molecule is CCC(CNC(=NC)NCCc1csc(N2CCCC2)n1)Oc1cccc(F)c1. The molecule has 1 aromatic heterocycles. The van der Waals surface area contributed by atoms with Crippen LogP contribution in [0, 0.1) is 5.82 Å². The first-order valence-corrected chi connectivity index (χ1v) is 11.1. The normalized spacial score (nSPS) is 15.4. The van der Waals surface area contributed by atoms with E-state index in [9.17, 15) is 4.39 Å². The van der Waals surface area contributed by atoms with Gasteiger partial charge < -0.3 is 20.3 Å². The topological polar surface area (TPSA) is 61.8 Å². The van der Waals surface area contributed by atoms with Crippen molar-refractivity contribution in [1.82, 2.24) is 15.6 Å². The fourth-order valence-electron chi connectivity index (χ4n) is 3.21. The molecule has 0 amide bonds. The molecular weight excluding hydrogens is 389 g/mol. The third-order valence-electron chi connectivity index (χ3n) is 4.86. The van der Waals surface area contributed by atoms with Crippen LogP contribution < -0.4 is 20.3 Å². The molecule has 1 aliphatic rings. The van der Waals surface area contributed by atoms with Gasteiger partial charge in [0, 0.05) is 44.5 Å². The van der Waals surface area contributed by atoms with Crippen LogP contribution >= 0.6 is 11.3 Å². The number of thiazole rings is 1. The smallest absolute Gasteiger partial charge is 0.191 e. The van der Waals surface area contributed by atoms with E-state index in [0.29, 0.717) is 12.3 Å². The summed E-state index contributed by atoms with van der Waals surface area (Å²) < 4.78 is 19.2. The minimum atomic E-state index is -0.294. The van der Waals surface area contributed by atoms with Crippen LogP contribution in [0.4, 0.5) is 9.52 Å². The highest BCUT2D eigenvalue weighted by Gasteiger charge is 2.15. The van der Waals surface area contributed by atoms with E-state index in [2.05, 4.69) is 25.9 Å². The molecule has 1 unspecified atom stereocenters. The van der Waals surface area contributed by atoms with Crippen LogP contribution in [-0.2, 0) is 6.42 Å². The van der Waals surface area contributed by atoms with Crippen LogP contribution in [0.3, 0.4) is 0 Å². The van der Waals surface area contributed by atoms with Gasteiger partial charge in [-0.15, -0.1) is 11.3 Å². The van der Waals surface area contributed by atoms with Gasteiger partial charge in [0.05, 0.1) is 12.2 Å². The Morgan fingerprint density at radius 3 is 2.90 bits per heavy atom. The Labute approximate surface area is 176 Å². The maximum Gasteiger partial charge on any atom is 0.191 e. The number of ether oxygens (including phenoxy) is 1. The number of guanidine groups is 1. The van der Waals surface area contributed by atoms with Crippen molar-refractivity contribution in [1.29, 1.82) is 0 Å². The Balaban J connectivity index is 1.40. The van der Waals surface area contributed by atoms with Gasteiger partial charge in [-0.05, 0) is 31.4 Å². The van der Waals surface area contributed by atoms with Crippen LogP contribution in [0.1, 0.15) is 31.9 Å².